The number of allylic oxidation sites excluding steroid dienone is 1. The zero-order valence-electron chi connectivity index (χ0n) is 4.05. The molecule has 3 heteroatoms. The molecule has 0 fully saturated rings. The van der Waals surface area contributed by atoms with Crippen molar-refractivity contribution in [3.63, 3.8) is 0 Å². The van der Waals surface area contributed by atoms with E-state index in [0.717, 1.165) is 5.57 Å². The largest absolute Gasteiger partial charge is 0.242 e. The molecule has 0 aliphatic rings. The van der Waals surface area contributed by atoms with Crippen LogP contribution >= 0.6 is 24.8 Å². The van der Waals surface area contributed by atoms with Crippen LogP contribution in [-0.4, -0.2) is 0 Å². The van der Waals surface area contributed by atoms with E-state index in [2.05, 4.69) is 13.5 Å². The average Bonchev–Trinajstić information content (AvgIpc) is 0.811. The quantitative estimate of drug-likeness (QED) is 0.402. The maximum atomic E-state index is 3.44. The van der Waals surface area contributed by atoms with Crippen molar-refractivity contribution in [3.05, 3.63) is 19.1 Å². The van der Waals surface area contributed by atoms with Gasteiger partial charge in [0.25, 0.3) is 0 Å². The van der Waals surface area contributed by atoms with Gasteiger partial charge in [0.1, 0.15) is 0 Å². The van der Waals surface area contributed by atoms with Gasteiger partial charge in [0.05, 0.1) is 0 Å². The second-order valence-electron chi connectivity index (χ2n) is 0.957. The predicted octanol–water partition coefficient (Wildman–Crippen LogP) is 2.24. The summed E-state index contributed by atoms with van der Waals surface area (Å²) in [7, 11) is 0. The summed E-state index contributed by atoms with van der Waals surface area (Å²) in [6.07, 6.45) is 0. The van der Waals surface area contributed by atoms with Gasteiger partial charge >= 0.3 is 0 Å². The second-order valence-corrected chi connectivity index (χ2v) is 0.957. The molecule has 0 atom stereocenters. The average molecular weight is 187 g/mol. The number of hydrogen-bond acceptors (Lipinski definition) is 0. The molecule has 0 heterocycles. The summed E-state index contributed by atoms with van der Waals surface area (Å²) in [4.78, 5) is 0. The summed E-state index contributed by atoms with van der Waals surface area (Å²) in [5.74, 6) is 0. The van der Waals surface area contributed by atoms with Crippen LogP contribution in [0, 0.1) is 6.92 Å². The summed E-state index contributed by atoms with van der Waals surface area (Å²) in [6, 6.07) is 0. The van der Waals surface area contributed by atoms with Crippen LogP contribution in [0.3, 0.4) is 0 Å². The molecule has 0 aromatic heterocycles. The van der Waals surface area contributed by atoms with Crippen molar-refractivity contribution in [3.8, 4) is 0 Å². The van der Waals surface area contributed by atoms with Gasteiger partial charge in [-0.15, -0.1) is 24.8 Å². The SMILES string of the molecule is C=C([CH2-])C.Cl.Cl.[Ni]. The molecular weight excluding hydrogens is 178 g/mol. The molecule has 0 bridgehead atoms. The minimum Gasteiger partial charge on any atom is -0.242 e. The third-order valence-electron chi connectivity index (χ3n) is 0. The van der Waals surface area contributed by atoms with Crippen molar-refractivity contribution < 1.29 is 16.5 Å². The maximum Gasteiger partial charge on any atom is 0 e. The third-order valence-corrected chi connectivity index (χ3v) is 0. The first-order chi connectivity index (χ1) is 1.73. The zero-order chi connectivity index (χ0) is 3.58. The smallest absolute Gasteiger partial charge is 0 e. The molecule has 0 radical (unpaired) electrons. The Morgan fingerprint density at radius 3 is 1.43 bits per heavy atom. The molecular formula is C4H9Cl2Ni-. The minimum atomic E-state index is 0. The van der Waals surface area contributed by atoms with Gasteiger partial charge in [0.2, 0.25) is 0 Å². The standard InChI is InChI=1S/C4H7.2ClH.Ni/c1-4(2)3;;;/h1-2H2,3H3;2*1H;/q-1;;;. The van der Waals surface area contributed by atoms with Crippen molar-refractivity contribution >= 4 is 24.8 Å². The Bertz CT molecular complexity index is 32.7. The van der Waals surface area contributed by atoms with E-state index in [9.17, 15) is 0 Å². The zero-order valence-corrected chi connectivity index (χ0v) is 6.67. The van der Waals surface area contributed by atoms with Gasteiger partial charge < -0.3 is 0 Å². The Balaban J connectivity index is -0.0000000150. The van der Waals surface area contributed by atoms with Gasteiger partial charge in [-0.05, 0) is 0 Å². The summed E-state index contributed by atoms with van der Waals surface area (Å²) in [5, 5.41) is 0. The molecule has 0 N–H and O–H groups in total. The van der Waals surface area contributed by atoms with Crippen LogP contribution in [0.25, 0.3) is 0 Å². The van der Waals surface area contributed by atoms with Gasteiger partial charge in [-0.25, -0.2) is 19.1 Å². The predicted molar refractivity (Wildman–Crippen MR) is 34.7 cm³/mol. The van der Waals surface area contributed by atoms with Gasteiger partial charge in [-0.2, -0.15) is 0 Å². The van der Waals surface area contributed by atoms with Crippen molar-refractivity contribution in [2.24, 2.45) is 0 Å². The Morgan fingerprint density at radius 2 is 1.43 bits per heavy atom. The van der Waals surface area contributed by atoms with Crippen LogP contribution in [0.5, 0.6) is 0 Å². The van der Waals surface area contributed by atoms with Crippen LogP contribution in [0.4, 0.5) is 0 Å². The molecule has 0 aromatic carbocycles. The first-order valence-corrected chi connectivity index (χ1v) is 1.21. The first-order valence-electron chi connectivity index (χ1n) is 1.21. The maximum absolute atomic E-state index is 3.44. The molecule has 0 aliphatic heterocycles. The molecule has 0 saturated heterocycles. The Hall–Kier alpha value is 0.684. The second kappa shape index (κ2) is 15.9. The number of hydrogen-bond donors (Lipinski definition) is 0. The monoisotopic (exact) mass is 185 g/mol. The van der Waals surface area contributed by atoms with E-state index in [-0.39, 0.29) is 41.3 Å². The van der Waals surface area contributed by atoms with E-state index in [0.29, 0.717) is 0 Å². The number of halogens is 2. The third kappa shape index (κ3) is 314. The van der Waals surface area contributed by atoms with Crippen LogP contribution in [0.15, 0.2) is 12.2 Å². The molecule has 0 spiro atoms. The normalized spacial score (nSPS) is 3.57. The van der Waals surface area contributed by atoms with E-state index in [1.165, 1.54) is 0 Å². The molecule has 0 aromatic rings. The molecule has 0 unspecified atom stereocenters. The fraction of sp³-hybridized carbons (Fsp3) is 0.250. The van der Waals surface area contributed by atoms with E-state index in [4.69, 9.17) is 0 Å². The van der Waals surface area contributed by atoms with Crippen LogP contribution in [0.2, 0.25) is 0 Å². The summed E-state index contributed by atoms with van der Waals surface area (Å²) in [5.41, 5.74) is 0.917. The van der Waals surface area contributed by atoms with E-state index >= 15 is 0 Å². The Kier molecular flexibility index (Phi) is 57.5. The van der Waals surface area contributed by atoms with Gasteiger partial charge in [0.15, 0.2) is 0 Å². The molecule has 0 nitrogen and oxygen atoms in total. The van der Waals surface area contributed by atoms with Crippen LogP contribution in [-0.2, 0) is 16.5 Å². The topological polar surface area (TPSA) is 0 Å². The van der Waals surface area contributed by atoms with Crippen LogP contribution in [0.1, 0.15) is 6.92 Å². The summed E-state index contributed by atoms with van der Waals surface area (Å²) in [6.45, 7) is 8.75. The minimum absolute atomic E-state index is 0. The Morgan fingerprint density at radius 1 is 1.43 bits per heavy atom. The van der Waals surface area contributed by atoms with Crippen LogP contribution < -0.4 is 0 Å². The van der Waals surface area contributed by atoms with Crippen molar-refractivity contribution in [1.29, 1.82) is 0 Å². The van der Waals surface area contributed by atoms with Gasteiger partial charge in [0, 0.05) is 16.5 Å². The Labute approximate surface area is 67.5 Å². The molecule has 0 amide bonds. The van der Waals surface area contributed by atoms with Gasteiger partial charge in [-0.3, -0.25) is 0 Å². The van der Waals surface area contributed by atoms with Gasteiger partial charge in [-0.1, -0.05) is 6.92 Å². The fourth-order valence-electron chi connectivity index (χ4n) is 0. The van der Waals surface area contributed by atoms with E-state index in [1.54, 1.807) is 0 Å². The molecule has 0 rings (SSSR count). The fourth-order valence-corrected chi connectivity index (χ4v) is 0. The first kappa shape index (κ1) is 25.3. The molecule has 7 heavy (non-hydrogen) atoms. The van der Waals surface area contributed by atoms with Crippen molar-refractivity contribution in [2.75, 3.05) is 0 Å². The van der Waals surface area contributed by atoms with E-state index < -0.39 is 0 Å². The summed E-state index contributed by atoms with van der Waals surface area (Å²) < 4.78 is 0. The number of rotatable bonds is 0. The summed E-state index contributed by atoms with van der Waals surface area (Å²) >= 11 is 0. The van der Waals surface area contributed by atoms with Crippen molar-refractivity contribution in [2.45, 2.75) is 6.92 Å². The molecule has 50 valence electrons. The molecule has 0 aliphatic carbocycles. The molecule has 0 saturated carbocycles. The van der Waals surface area contributed by atoms with E-state index in [1.807, 2.05) is 6.92 Å². The van der Waals surface area contributed by atoms with Crippen molar-refractivity contribution in [1.82, 2.24) is 0 Å².